The van der Waals surface area contributed by atoms with Crippen LogP contribution in [0, 0.1) is 17.8 Å². The molecule has 7 rings (SSSR count). The van der Waals surface area contributed by atoms with Crippen molar-refractivity contribution in [1.82, 2.24) is 5.32 Å². The normalized spacial score (nSPS) is 32.0. The predicted molar refractivity (Wildman–Crippen MR) is 127 cm³/mol. The van der Waals surface area contributed by atoms with Crippen molar-refractivity contribution >= 4 is 34.7 Å². The molecule has 4 saturated carbocycles. The van der Waals surface area contributed by atoms with Gasteiger partial charge in [-0.2, -0.15) is 0 Å². The molecule has 5 aliphatic rings. The number of carbonyl (C=O) groups is 2. The summed E-state index contributed by atoms with van der Waals surface area (Å²) in [7, 11) is 0. The van der Waals surface area contributed by atoms with Gasteiger partial charge in [0.1, 0.15) is 5.75 Å². The topological polar surface area (TPSA) is 92.4 Å². The Kier molecular flexibility index (Phi) is 4.44. The number of imide groups is 1. The van der Waals surface area contributed by atoms with Gasteiger partial charge in [-0.25, -0.2) is 0 Å². The van der Waals surface area contributed by atoms with Crippen LogP contribution < -0.4 is 11.1 Å². The standard InChI is InChI=1S/C26H26N2O3S/c27-21-8-14(9-23-24(30)28-25(31)32-23)1-3-19(21)18-2-4-22(29)20(10-18)26-11-15-5-16(12-26)7-17(6-15)13-26/h1-4,8-10,15-17,29H,5-7,11-13,27H2,(H,28,30,31)/b23-9-. The van der Waals surface area contributed by atoms with Crippen molar-refractivity contribution in [1.29, 1.82) is 0 Å². The Bertz CT molecular complexity index is 1150. The SMILES string of the molecule is Nc1cc(/C=C2\SC(=O)NC2=O)ccc1-c1ccc(O)c(C23CC4CC(CC(C4)C2)C3)c1. The lowest BCUT2D eigenvalue weighted by atomic mass is 9.48. The first-order chi connectivity index (χ1) is 15.4. The molecule has 5 fully saturated rings. The van der Waals surface area contributed by atoms with Crippen LogP contribution in [0.1, 0.15) is 49.7 Å². The van der Waals surface area contributed by atoms with E-state index in [9.17, 15) is 14.7 Å². The number of hydrogen-bond donors (Lipinski definition) is 3. The highest BCUT2D eigenvalue weighted by Gasteiger charge is 2.52. The molecule has 0 spiro atoms. The molecular formula is C26H26N2O3S. The van der Waals surface area contributed by atoms with Gasteiger partial charge in [0.25, 0.3) is 11.1 Å². The van der Waals surface area contributed by atoms with Crippen molar-refractivity contribution in [2.45, 2.75) is 43.9 Å². The van der Waals surface area contributed by atoms with E-state index >= 15 is 0 Å². The predicted octanol–water partition coefficient (Wildman–Crippen LogP) is 5.43. The van der Waals surface area contributed by atoms with Crippen molar-refractivity contribution in [2.24, 2.45) is 17.8 Å². The minimum atomic E-state index is -0.374. The summed E-state index contributed by atoms with van der Waals surface area (Å²) in [6.45, 7) is 0. The third kappa shape index (κ3) is 3.24. The number of carbonyl (C=O) groups excluding carboxylic acids is 2. The Balaban J connectivity index is 1.35. The van der Waals surface area contributed by atoms with Crippen LogP contribution in [-0.4, -0.2) is 16.3 Å². The number of amides is 2. The number of aromatic hydroxyl groups is 1. The van der Waals surface area contributed by atoms with Crippen molar-refractivity contribution < 1.29 is 14.7 Å². The van der Waals surface area contributed by atoms with Gasteiger partial charge in [-0.05, 0) is 109 Å². The summed E-state index contributed by atoms with van der Waals surface area (Å²) < 4.78 is 0. The molecule has 32 heavy (non-hydrogen) atoms. The summed E-state index contributed by atoms with van der Waals surface area (Å²) in [5.74, 6) is 2.45. The van der Waals surface area contributed by atoms with E-state index in [1.807, 2.05) is 30.3 Å². The lowest BCUT2D eigenvalue weighted by molar-refractivity contribution is -0.115. The van der Waals surface area contributed by atoms with Crippen LogP contribution in [0.2, 0.25) is 0 Å². The van der Waals surface area contributed by atoms with Crippen molar-refractivity contribution in [2.75, 3.05) is 5.73 Å². The fourth-order valence-electron chi connectivity index (χ4n) is 7.08. The maximum absolute atomic E-state index is 11.8. The molecule has 1 saturated heterocycles. The summed E-state index contributed by atoms with van der Waals surface area (Å²) in [5, 5.41) is 12.8. The summed E-state index contributed by atoms with van der Waals surface area (Å²) in [5.41, 5.74) is 10.9. The fraction of sp³-hybridized carbons (Fsp3) is 0.385. The molecule has 0 atom stereocenters. The van der Waals surface area contributed by atoms with Crippen LogP contribution in [0.5, 0.6) is 5.75 Å². The first-order valence-corrected chi connectivity index (χ1v) is 12.2. The number of nitrogens with two attached hydrogens (primary N) is 1. The fourth-order valence-corrected chi connectivity index (χ4v) is 7.76. The van der Waals surface area contributed by atoms with Gasteiger partial charge in [-0.15, -0.1) is 0 Å². The summed E-state index contributed by atoms with van der Waals surface area (Å²) in [4.78, 5) is 23.6. The van der Waals surface area contributed by atoms with Crippen LogP contribution in [0.3, 0.4) is 0 Å². The van der Waals surface area contributed by atoms with Gasteiger partial charge in [-0.1, -0.05) is 18.2 Å². The summed E-state index contributed by atoms with van der Waals surface area (Å²) >= 11 is 0.899. The minimum Gasteiger partial charge on any atom is -0.508 e. The quantitative estimate of drug-likeness (QED) is 0.432. The molecule has 2 aromatic carbocycles. The highest BCUT2D eigenvalue weighted by molar-refractivity contribution is 8.18. The molecule has 6 heteroatoms. The maximum Gasteiger partial charge on any atom is 0.290 e. The summed E-state index contributed by atoms with van der Waals surface area (Å²) in [6.07, 6.45) is 9.36. The van der Waals surface area contributed by atoms with Crippen molar-refractivity contribution in [3.8, 4) is 16.9 Å². The first-order valence-electron chi connectivity index (χ1n) is 11.4. The van der Waals surface area contributed by atoms with Gasteiger partial charge in [0, 0.05) is 16.8 Å². The van der Waals surface area contributed by atoms with Gasteiger partial charge in [0.15, 0.2) is 0 Å². The van der Waals surface area contributed by atoms with Crippen molar-refractivity contribution in [3.05, 3.63) is 52.4 Å². The maximum atomic E-state index is 11.8. The second kappa shape index (κ2) is 7.14. The summed E-state index contributed by atoms with van der Waals surface area (Å²) in [6, 6.07) is 11.6. The number of nitrogen functional groups attached to an aromatic ring is 1. The van der Waals surface area contributed by atoms with Gasteiger partial charge in [0.2, 0.25) is 0 Å². The second-order valence-corrected chi connectivity index (χ2v) is 11.1. The molecule has 0 radical (unpaired) electrons. The Labute approximate surface area is 191 Å². The monoisotopic (exact) mass is 446 g/mol. The van der Waals surface area contributed by atoms with E-state index in [1.54, 1.807) is 6.08 Å². The number of anilines is 1. The lowest BCUT2D eigenvalue weighted by Gasteiger charge is -2.57. The highest BCUT2D eigenvalue weighted by Crippen LogP contribution is 2.62. The van der Waals surface area contributed by atoms with Gasteiger partial charge in [0.05, 0.1) is 4.91 Å². The third-order valence-electron chi connectivity index (χ3n) is 7.93. The van der Waals surface area contributed by atoms with Gasteiger partial charge >= 0.3 is 0 Å². The van der Waals surface area contributed by atoms with Gasteiger partial charge in [-0.3, -0.25) is 14.9 Å². The number of rotatable bonds is 3. The number of hydrogen-bond acceptors (Lipinski definition) is 5. The zero-order valence-corrected chi connectivity index (χ0v) is 18.6. The van der Waals surface area contributed by atoms with Crippen LogP contribution in [0.25, 0.3) is 17.2 Å². The number of nitrogens with one attached hydrogen (secondary N) is 1. The van der Waals surface area contributed by atoms with E-state index < -0.39 is 0 Å². The van der Waals surface area contributed by atoms with Crippen LogP contribution >= 0.6 is 11.8 Å². The number of phenols is 1. The average molecular weight is 447 g/mol. The largest absolute Gasteiger partial charge is 0.508 e. The molecular weight excluding hydrogens is 420 g/mol. The highest BCUT2D eigenvalue weighted by atomic mass is 32.2. The second-order valence-electron chi connectivity index (χ2n) is 10.1. The lowest BCUT2D eigenvalue weighted by Crippen LogP contribution is -2.48. The van der Waals surface area contributed by atoms with E-state index in [0.29, 0.717) is 16.3 Å². The Morgan fingerprint density at radius 3 is 2.28 bits per heavy atom. The minimum absolute atomic E-state index is 0.105. The average Bonchev–Trinajstić information content (AvgIpc) is 3.04. The van der Waals surface area contributed by atoms with E-state index in [4.69, 9.17) is 5.73 Å². The number of thioether (sulfide) groups is 1. The molecule has 2 aromatic rings. The molecule has 5 nitrogen and oxygen atoms in total. The van der Waals surface area contributed by atoms with E-state index in [1.165, 1.54) is 38.5 Å². The Morgan fingerprint density at radius 1 is 1.00 bits per heavy atom. The zero-order chi connectivity index (χ0) is 22.0. The van der Waals surface area contributed by atoms with E-state index in [0.717, 1.165) is 51.8 Å². The molecule has 4 aliphatic carbocycles. The number of benzene rings is 2. The smallest absolute Gasteiger partial charge is 0.290 e. The van der Waals surface area contributed by atoms with E-state index in [2.05, 4.69) is 11.4 Å². The molecule has 0 aromatic heterocycles. The molecule has 164 valence electrons. The molecule has 4 bridgehead atoms. The number of phenolic OH excluding ortho intramolecular Hbond substituents is 1. The first kappa shape index (κ1) is 19.9. The van der Waals surface area contributed by atoms with Crippen LogP contribution in [0.15, 0.2) is 41.3 Å². The molecule has 1 aliphatic heterocycles. The Hall–Kier alpha value is -2.73. The van der Waals surface area contributed by atoms with Crippen molar-refractivity contribution in [3.63, 3.8) is 0 Å². The third-order valence-corrected chi connectivity index (χ3v) is 8.74. The van der Waals surface area contributed by atoms with E-state index in [-0.39, 0.29) is 16.6 Å². The zero-order valence-electron chi connectivity index (χ0n) is 17.8. The molecule has 0 unspecified atom stereocenters. The van der Waals surface area contributed by atoms with Crippen LogP contribution in [-0.2, 0) is 10.2 Å². The molecule has 4 N–H and O–H groups in total. The van der Waals surface area contributed by atoms with Gasteiger partial charge < -0.3 is 10.8 Å². The molecule has 1 heterocycles. The van der Waals surface area contributed by atoms with Crippen LogP contribution in [0.4, 0.5) is 10.5 Å². The molecule has 2 amide bonds. The Morgan fingerprint density at radius 2 is 1.69 bits per heavy atom.